The van der Waals surface area contributed by atoms with Gasteiger partial charge in [-0.2, -0.15) is 0 Å². The number of aromatic nitrogens is 1. The summed E-state index contributed by atoms with van der Waals surface area (Å²) in [5.41, 5.74) is 6.96. The zero-order chi connectivity index (χ0) is 13.0. The number of thiazole rings is 1. The van der Waals surface area contributed by atoms with E-state index in [1.165, 1.54) is 36.5 Å². The lowest BCUT2D eigenvalue weighted by Gasteiger charge is -2.35. The second-order valence-corrected chi connectivity index (χ2v) is 6.42. The molecule has 18 heavy (non-hydrogen) atoms. The molecule has 1 aliphatic rings. The Kier molecular flexibility index (Phi) is 5.15. The van der Waals surface area contributed by atoms with Crippen molar-refractivity contribution in [1.82, 2.24) is 9.88 Å². The van der Waals surface area contributed by atoms with Crippen molar-refractivity contribution in [2.75, 3.05) is 13.1 Å². The van der Waals surface area contributed by atoms with Crippen molar-refractivity contribution in [3.05, 3.63) is 16.1 Å². The zero-order valence-electron chi connectivity index (χ0n) is 11.6. The lowest BCUT2D eigenvalue weighted by molar-refractivity contribution is 0.132. The minimum absolute atomic E-state index is 0.546. The molecule has 0 spiro atoms. The lowest BCUT2D eigenvalue weighted by Crippen LogP contribution is -2.40. The smallest absolute Gasteiger partial charge is 0.0954 e. The van der Waals surface area contributed by atoms with E-state index in [4.69, 9.17) is 10.7 Å². The first-order valence-corrected chi connectivity index (χ1v) is 7.97. The van der Waals surface area contributed by atoms with Gasteiger partial charge in [-0.3, -0.25) is 4.90 Å². The average molecular weight is 267 g/mol. The molecule has 1 aromatic heterocycles. The topological polar surface area (TPSA) is 42.2 Å². The van der Waals surface area contributed by atoms with Crippen molar-refractivity contribution in [3.63, 3.8) is 0 Å². The van der Waals surface area contributed by atoms with Crippen LogP contribution in [0.1, 0.15) is 56.2 Å². The fourth-order valence-electron chi connectivity index (χ4n) is 2.66. The van der Waals surface area contributed by atoms with Crippen LogP contribution >= 0.6 is 11.3 Å². The molecule has 0 bridgehead atoms. The van der Waals surface area contributed by atoms with E-state index in [2.05, 4.69) is 24.1 Å². The van der Waals surface area contributed by atoms with Gasteiger partial charge in [0.05, 0.1) is 10.7 Å². The number of nitrogens with zero attached hydrogens (tertiary/aromatic N) is 2. The second kappa shape index (κ2) is 6.64. The van der Waals surface area contributed by atoms with Crippen molar-refractivity contribution < 1.29 is 0 Å². The van der Waals surface area contributed by atoms with E-state index in [0.29, 0.717) is 12.0 Å². The molecule has 102 valence electrons. The van der Waals surface area contributed by atoms with Crippen molar-refractivity contribution in [2.45, 2.75) is 58.0 Å². The van der Waals surface area contributed by atoms with E-state index in [1.807, 2.05) is 0 Å². The van der Waals surface area contributed by atoms with Crippen molar-refractivity contribution in [3.8, 4) is 0 Å². The SMILES string of the molecule is CC(C)c1nc(CN2CCCCC2CCN)cs1. The number of hydrogen-bond donors (Lipinski definition) is 1. The van der Waals surface area contributed by atoms with Crippen molar-refractivity contribution in [2.24, 2.45) is 5.73 Å². The first-order chi connectivity index (χ1) is 8.70. The fraction of sp³-hybridized carbons (Fsp3) is 0.786. The largest absolute Gasteiger partial charge is 0.330 e. The highest BCUT2D eigenvalue weighted by Gasteiger charge is 2.22. The van der Waals surface area contributed by atoms with Crippen molar-refractivity contribution in [1.29, 1.82) is 0 Å². The van der Waals surface area contributed by atoms with Gasteiger partial charge < -0.3 is 5.73 Å². The van der Waals surface area contributed by atoms with Crippen LogP contribution in [0.4, 0.5) is 0 Å². The summed E-state index contributed by atoms with van der Waals surface area (Å²) in [6.07, 6.45) is 5.11. The molecule has 0 radical (unpaired) electrons. The molecular formula is C14H25N3S. The molecule has 3 nitrogen and oxygen atoms in total. The van der Waals surface area contributed by atoms with Crippen LogP contribution in [0.25, 0.3) is 0 Å². The summed E-state index contributed by atoms with van der Waals surface area (Å²) in [7, 11) is 0. The highest BCUT2D eigenvalue weighted by molar-refractivity contribution is 7.09. The zero-order valence-corrected chi connectivity index (χ0v) is 12.4. The number of nitrogens with two attached hydrogens (primary N) is 1. The van der Waals surface area contributed by atoms with Crippen LogP contribution in [0.15, 0.2) is 5.38 Å². The molecule has 0 saturated carbocycles. The molecule has 4 heteroatoms. The quantitative estimate of drug-likeness (QED) is 0.892. The Morgan fingerprint density at radius 2 is 2.33 bits per heavy atom. The maximum absolute atomic E-state index is 5.72. The van der Waals surface area contributed by atoms with E-state index in [9.17, 15) is 0 Å². The summed E-state index contributed by atoms with van der Waals surface area (Å²) in [6, 6.07) is 0.674. The third kappa shape index (κ3) is 3.53. The summed E-state index contributed by atoms with van der Waals surface area (Å²) in [4.78, 5) is 7.32. The van der Waals surface area contributed by atoms with Crippen LogP contribution in [0.2, 0.25) is 0 Å². The van der Waals surface area contributed by atoms with Crippen LogP contribution in [0.5, 0.6) is 0 Å². The molecule has 1 aliphatic heterocycles. The molecule has 1 aromatic rings. The van der Waals surface area contributed by atoms with Gasteiger partial charge in [-0.15, -0.1) is 11.3 Å². The molecule has 2 heterocycles. The van der Waals surface area contributed by atoms with Gasteiger partial charge >= 0.3 is 0 Å². The molecule has 1 fully saturated rings. The van der Waals surface area contributed by atoms with Crippen LogP contribution in [-0.2, 0) is 6.54 Å². The maximum Gasteiger partial charge on any atom is 0.0954 e. The van der Waals surface area contributed by atoms with Gasteiger partial charge in [-0.05, 0) is 32.4 Å². The van der Waals surface area contributed by atoms with Crippen LogP contribution < -0.4 is 5.73 Å². The van der Waals surface area contributed by atoms with Crippen LogP contribution in [-0.4, -0.2) is 29.0 Å². The van der Waals surface area contributed by atoms with Gasteiger partial charge in [0, 0.05) is 23.9 Å². The summed E-state index contributed by atoms with van der Waals surface area (Å²) in [6.45, 7) is 7.43. The molecule has 0 aliphatic carbocycles. The Labute approximate surface area is 114 Å². The third-order valence-corrected chi connectivity index (χ3v) is 4.87. The van der Waals surface area contributed by atoms with Crippen LogP contribution in [0, 0.1) is 0 Å². The van der Waals surface area contributed by atoms with Gasteiger partial charge in [0.2, 0.25) is 0 Å². The second-order valence-electron chi connectivity index (χ2n) is 5.53. The van der Waals surface area contributed by atoms with Gasteiger partial charge in [0.15, 0.2) is 0 Å². The molecule has 1 saturated heterocycles. The normalized spacial score (nSPS) is 21.7. The third-order valence-electron chi connectivity index (χ3n) is 3.68. The number of likely N-dealkylation sites (tertiary alicyclic amines) is 1. The number of piperidine rings is 1. The van der Waals surface area contributed by atoms with E-state index in [-0.39, 0.29) is 0 Å². The number of hydrogen-bond acceptors (Lipinski definition) is 4. The van der Waals surface area contributed by atoms with Crippen LogP contribution in [0.3, 0.4) is 0 Å². The fourth-order valence-corrected chi connectivity index (χ4v) is 3.48. The standard InChI is InChI=1S/C14H25N3S/c1-11(2)14-16-12(10-18-14)9-17-8-4-3-5-13(17)6-7-15/h10-11,13H,3-9,15H2,1-2H3. The predicted molar refractivity (Wildman–Crippen MR) is 77.9 cm³/mol. The van der Waals surface area contributed by atoms with E-state index in [1.54, 1.807) is 11.3 Å². The number of rotatable bonds is 5. The summed E-state index contributed by atoms with van der Waals surface area (Å²) >= 11 is 1.80. The van der Waals surface area contributed by atoms with Gasteiger partial charge in [0.25, 0.3) is 0 Å². The minimum Gasteiger partial charge on any atom is -0.330 e. The Hall–Kier alpha value is -0.450. The van der Waals surface area contributed by atoms with Crippen molar-refractivity contribution >= 4 is 11.3 Å². The molecule has 1 atom stereocenters. The Bertz CT molecular complexity index is 360. The predicted octanol–water partition coefficient (Wildman–Crippen LogP) is 2.97. The van der Waals surface area contributed by atoms with E-state index in [0.717, 1.165) is 19.5 Å². The molecule has 0 aromatic carbocycles. The summed E-state index contributed by atoms with van der Waals surface area (Å²) in [5.74, 6) is 0.546. The Morgan fingerprint density at radius 1 is 1.50 bits per heavy atom. The summed E-state index contributed by atoms with van der Waals surface area (Å²) < 4.78 is 0. The first-order valence-electron chi connectivity index (χ1n) is 7.09. The molecule has 2 N–H and O–H groups in total. The minimum atomic E-state index is 0.546. The molecule has 2 rings (SSSR count). The molecular weight excluding hydrogens is 242 g/mol. The van der Waals surface area contributed by atoms with E-state index >= 15 is 0 Å². The van der Waals surface area contributed by atoms with Gasteiger partial charge in [-0.1, -0.05) is 20.3 Å². The average Bonchev–Trinajstić information content (AvgIpc) is 2.81. The highest BCUT2D eigenvalue weighted by atomic mass is 32.1. The highest BCUT2D eigenvalue weighted by Crippen LogP contribution is 2.24. The van der Waals surface area contributed by atoms with Gasteiger partial charge in [0.1, 0.15) is 0 Å². The Balaban J connectivity index is 1.97. The molecule has 0 amide bonds. The monoisotopic (exact) mass is 267 g/mol. The first kappa shape index (κ1) is 14.0. The Morgan fingerprint density at radius 3 is 3.00 bits per heavy atom. The van der Waals surface area contributed by atoms with E-state index < -0.39 is 0 Å². The maximum atomic E-state index is 5.72. The molecule has 1 unspecified atom stereocenters. The summed E-state index contributed by atoms with van der Waals surface area (Å²) in [5, 5.41) is 3.49. The van der Waals surface area contributed by atoms with Gasteiger partial charge in [-0.25, -0.2) is 4.98 Å². The lowest BCUT2D eigenvalue weighted by atomic mass is 9.99.